The third-order valence-electron chi connectivity index (χ3n) is 2.16. The molecule has 1 unspecified atom stereocenters. The summed E-state index contributed by atoms with van der Waals surface area (Å²) in [5, 5.41) is 0. The fourth-order valence-corrected chi connectivity index (χ4v) is 1.21. The van der Waals surface area contributed by atoms with Crippen molar-refractivity contribution in [2.45, 2.75) is 46.6 Å². The molecular weight excluding hydrogens is 152 g/mol. The summed E-state index contributed by atoms with van der Waals surface area (Å²) >= 11 is 0. The minimum Gasteiger partial charge on any atom is -0.368 e. The fraction of sp³-hybridized carbons (Fsp3) is 0.900. The Kier molecular flexibility index (Phi) is 4.46. The van der Waals surface area contributed by atoms with E-state index in [0.717, 1.165) is 6.42 Å². The van der Waals surface area contributed by atoms with Crippen molar-refractivity contribution in [3.05, 3.63) is 0 Å². The fourth-order valence-electron chi connectivity index (χ4n) is 1.21. The van der Waals surface area contributed by atoms with Crippen molar-refractivity contribution in [3.63, 3.8) is 0 Å². The van der Waals surface area contributed by atoms with Gasteiger partial charge >= 0.3 is 0 Å². The van der Waals surface area contributed by atoms with Crippen molar-refractivity contribution >= 4 is 5.78 Å². The van der Waals surface area contributed by atoms with Gasteiger partial charge in [0.15, 0.2) is 5.78 Å². The second-order valence-corrected chi connectivity index (χ2v) is 3.62. The quantitative estimate of drug-likeness (QED) is 0.636. The molecule has 0 heterocycles. The molecule has 0 amide bonds. The summed E-state index contributed by atoms with van der Waals surface area (Å²) in [6, 6.07) is 0. The largest absolute Gasteiger partial charge is 0.368 e. The van der Waals surface area contributed by atoms with Gasteiger partial charge in [0.05, 0.1) is 0 Å². The highest BCUT2D eigenvalue weighted by atomic mass is 16.5. The number of Topliss-reactive ketones (excluding diaryl/α,β-unsaturated/α-hetero) is 1. The van der Waals surface area contributed by atoms with Gasteiger partial charge in [0.2, 0.25) is 0 Å². The van der Waals surface area contributed by atoms with Gasteiger partial charge in [-0.3, -0.25) is 4.79 Å². The Morgan fingerprint density at radius 2 is 1.92 bits per heavy atom. The highest BCUT2D eigenvalue weighted by molar-refractivity contribution is 5.88. The van der Waals surface area contributed by atoms with Crippen LogP contribution in [-0.2, 0) is 9.53 Å². The van der Waals surface area contributed by atoms with Crippen LogP contribution in [-0.4, -0.2) is 18.0 Å². The molecule has 0 aliphatic carbocycles. The van der Waals surface area contributed by atoms with Crippen molar-refractivity contribution < 1.29 is 9.53 Å². The van der Waals surface area contributed by atoms with E-state index in [1.807, 2.05) is 34.6 Å². The van der Waals surface area contributed by atoms with Crippen molar-refractivity contribution in [1.29, 1.82) is 0 Å². The van der Waals surface area contributed by atoms with E-state index in [0.29, 0.717) is 6.61 Å². The average molecular weight is 172 g/mol. The maximum absolute atomic E-state index is 11.7. The van der Waals surface area contributed by atoms with Crippen LogP contribution in [0.25, 0.3) is 0 Å². The van der Waals surface area contributed by atoms with Crippen LogP contribution < -0.4 is 0 Å². The molecule has 0 aromatic heterocycles. The van der Waals surface area contributed by atoms with Crippen molar-refractivity contribution in [2.24, 2.45) is 5.92 Å². The molecule has 12 heavy (non-hydrogen) atoms. The molecule has 0 radical (unpaired) electrons. The molecular formula is C10H20O2. The molecule has 0 spiro atoms. The number of hydrogen-bond acceptors (Lipinski definition) is 2. The van der Waals surface area contributed by atoms with E-state index in [1.165, 1.54) is 0 Å². The van der Waals surface area contributed by atoms with Crippen molar-refractivity contribution in [2.75, 3.05) is 6.61 Å². The maximum atomic E-state index is 11.7. The first kappa shape index (κ1) is 11.6. The predicted molar refractivity (Wildman–Crippen MR) is 50.2 cm³/mol. The standard InChI is InChI=1S/C10H20O2/c1-6-8(3)9(11)10(4,5)12-7-2/h8H,6-7H2,1-5H3. The molecule has 72 valence electrons. The highest BCUT2D eigenvalue weighted by Gasteiger charge is 2.30. The molecule has 0 saturated heterocycles. The van der Waals surface area contributed by atoms with Crippen LogP contribution in [0.15, 0.2) is 0 Å². The van der Waals surface area contributed by atoms with Crippen LogP contribution >= 0.6 is 0 Å². The van der Waals surface area contributed by atoms with Gasteiger partial charge in [-0.05, 0) is 27.2 Å². The first-order chi connectivity index (χ1) is 5.45. The summed E-state index contributed by atoms with van der Waals surface area (Å²) in [5.41, 5.74) is -0.607. The molecule has 0 aromatic carbocycles. The van der Waals surface area contributed by atoms with E-state index < -0.39 is 5.60 Å². The molecule has 2 heteroatoms. The summed E-state index contributed by atoms with van der Waals surface area (Å²) in [6.45, 7) is 10.1. The minimum atomic E-state index is -0.607. The highest BCUT2D eigenvalue weighted by Crippen LogP contribution is 2.17. The second-order valence-electron chi connectivity index (χ2n) is 3.62. The lowest BCUT2D eigenvalue weighted by atomic mass is 9.91. The number of carbonyl (C=O) groups excluding carboxylic acids is 1. The van der Waals surface area contributed by atoms with Crippen LogP contribution in [0.5, 0.6) is 0 Å². The molecule has 0 aromatic rings. The van der Waals surface area contributed by atoms with Gasteiger partial charge in [-0.2, -0.15) is 0 Å². The average Bonchev–Trinajstić information content (AvgIpc) is 2.01. The maximum Gasteiger partial charge on any atom is 0.166 e. The normalized spacial score (nSPS) is 14.4. The first-order valence-corrected chi connectivity index (χ1v) is 4.64. The molecule has 0 saturated carbocycles. The van der Waals surface area contributed by atoms with Gasteiger partial charge in [0, 0.05) is 12.5 Å². The van der Waals surface area contributed by atoms with Crippen molar-refractivity contribution in [3.8, 4) is 0 Å². The van der Waals surface area contributed by atoms with Crippen LogP contribution in [0.3, 0.4) is 0 Å². The Bertz CT molecular complexity index is 150. The van der Waals surface area contributed by atoms with Crippen LogP contribution in [0.2, 0.25) is 0 Å². The topological polar surface area (TPSA) is 26.3 Å². The number of hydrogen-bond donors (Lipinski definition) is 0. The summed E-state index contributed by atoms with van der Waals surface area (Å²) in [6.07, 6.45) is 0.884. The number of ketones is 1. The van der Waals surface area contributed by atoms with Gasteiger partial charge in [-0.1, -0.05) is 13.8 Å². The molecule has 0 fully saturated rings. The summed E-state index contributed by atoms with van der Waals surface area (Å²) in [7, 11) is 0. The van der Waals surface area contributed by atoms with Gasteiger partial charge in [0.25, 0.3) is 0 Å². The predicted octanol–water partition coefficient (Wildman–Crippen LogP) is 2.42. The lowest BCUT2D eigenvalue weighted by molar-refractivity contribution is -0.143. The molecule has 0 rings (SSSR count). The van der Waals surface area contributed by atoms with E-state index in [9.17, 15) is 4.79 Å². The zero-order valence-corrected chi connectivity index (χ0v) is 8.81. The van der Waals surface area contributed by atoms with E-state index in [1.54, 1.807) is 0 Å². The van der Waals surface area contributed by atoms with Crippen LogP contribution in [0, 0.1) is 5.92 Å². The van der Waals surface area contributed by atoms with E-state index >= 15 is 0 Å². The summed E-state index contributed by atoms with van der Waals surface area (Å²) < 4.78 is 5.36. The van der Waals surface area contributed by atoms with Crippen molar-refractivity contribution in [1.82, 2.24) is 0 Å². The first-order valence-electron chi connectivity index (χ1n) is 4.64. The minimum absolute atomic E-state index is 0.103. The number of carbonyl (C=O) groups is 1. The van der Waals surface area contributed by atoms with Crippen LogP contribution in [0.4, 0.5) is 0 Å². The van der Waals surface area contributed by atoms with E-state index in [4.69, 9.17) is 4.74 Å². The summed E-state index contributed by atoms with van der Waals surface area (Å²) in [5.74, 6) is 0.304. The third-order valence-corrected chi connectivity index (χ3v) is 2.16. The van der Waals surface area contributed by atoms with Gasteiger partial charge in [-0.15, -0.1) is 0 Å². The number of rotatable bonds is 5. The molecule has 0 aliphatic rings. The number of ether oxygens (including phenoxy) is 1. The van der Waals surface area contributed by atoms with Gasteiger partial charge < -0.3 is 4.74 Å². The smallest absolute Gasteiger partial charge is 0.166 e. The zero-order valence-electron chi connectivity index (χ0n) is 8.81. The molecule has 0 aliphatic heterocycles. The van der Waals surface area contributed by atoms with Gasteiger partial charge in [0.1, 0.15) is 5.60 Å². The Labute approximate surface area is 75.3 Å². The Morgan fingerprint density at radius 3 is 2.25 bits per heavy atom. The SMILES string of the molecule is CCOC(C)(C)C(=O)C(C)CC. The van der Waals surface area contributed by atoms with E-state index in [2.05, 4.69) is 0 Å². The lowest BCUT2D eigenvalue weighted by Crippen LogP contribution is -2.38. The molecule has 0 bridgehead atoms. The lowest BCUT2D eigenvalue weighted by Gasteiger charge is -2.25. The molecule has 0 N–H and O–H groups in total. The zero-order chi connectivity index (χ0) is 9.78. The summed E-state index contributed by atoms with van der Waals surface area (Å²) in [4.78, 5) is 11.7. The van der Waals surface area contributed by atoms with E-state index in [-0.39, 0.29) is 11.7 Å². The second kappa shape index (κ2) is 4.61. The Balaban J connectivity index is 4.24. The third kappa shape index (κ3) is 2.94. The monoisotopic (exact) mass is 172 g/mol. The molecule has 1 atom stereocenters. The Hall–Kier alpha value is -0.370. The molecule has 2 nitrogen and oxygen atoms in total. The van der Waals surface area contributed by atoms with Crippen LogP contribution in [0.1, 0.15) is 41.0 Å². The Morgan fingerprint density at radius 1 is 1.42 bits per heavy atom. The van der Waals surface area contributed by atoms with Gasteiger partial charge in [-0.25, -0.2) is 0 Å².